The van der Waals surface area contributed by atoms with Gasteiger partial charge in [-0.1, -0.05) is 64.8 Å². The first-order valence-electron chi connectivity index (χ1n) is 7.77. The highest BCUT2D eigenvalue weighted by Gasteiger charge is 1.95. The minimum absolute atomic E-state index is 1.15. The van der Waals surface area contributed by atoms with Gasteiger partial charge in [-0.3, -0.25) is 0 Å². The molecule has 1 aromatic carbocycles. The summed E-state index contributed by atoms with van der Waals surface area (Å²) < 4.78 is 0. The quantitative estimate of drug-likeness (QED) is 0.543. The molecule has 1 aromatic rings. The Morgan fingerprint density at radius 1 is 1.05 bits per heavy atom. The maximum atomic E-state index is 3.74. The molecule has 0 saturated carbocycles. The van der Waals surface area contributed by atoms with E-state index in [0.29, 0.717) is 0 Å². The lowest BCUT2D eigenvalue weighted by Crippen LogP contribution is -1.88. The van der Waals surface area contributed by atoms with Crippen LogP contribution in [0.3, 0.4) is 0 Å². The number of hydrogen-bond acceptors (Lipinski definition) is 0. The van der Waals surface area contributed by atoms with Crippen LogP contribution in [0.5, 0.6) is 0 Å². The average Bonchev–Trinajstić information content (AvgIpc) is 2.42. The second-order valence-electron chi connectivity index (χ2n) is 4.68. The molecule has 0 aromatic heterocycles. The van der Waals surface area contributed by atoms with Gasteiger partial charge in [-0.25, -0.2) is 0 Å². The van der Waals surface area contributed by atoms with Crippen LogP contribution < -0.4 is 0 Å². The fraction of sp³-hybridized carbons (Fsp3) is 0.579. The van der Waals surface area contributed by atoms with Crippen LogP contribution in [0.15, 0.2) is 30.4 Å². The highest BCUT2D eigenvalue weighted by molar-refractivity contribution is 5.30. The molecule has 0 bridgehead atoms. The SMILES string of the molecule is C=C(C)CCC.CC.CCc1ccc(C)c(CC)c1. The van der Waals surface area contributed by atoms with E-state index in [1.807, 2.05) is 13.8 Å². The molecule has 0 unspecified atom stereocenters. The van der Waals surface area contributed by atoms with Crippen LogP contribution >= 0.6 is 0 Å². The van der Waals surface area contributed by atoms with Gasteiger partial charge in [-0.2, -0.15) is 0 Å². The van der Waals surface area contributed by atoms with Crippen molar-refractivity contribution in [2.75, 3.05) is 0 Å². The molecule has 0 aliphatic heterocycles. The molecule has 0 N–H and O–H groups in total. The maximum Gasteiger partial charge on any atom is -0.0305 e. The smallest absolute Gasteiger partial charge is 0.0305 e. The van der Waals surface area contributed by atoms with Gasteiger partial charge in [0.2, 0.25) is 0 Å². The van der Waals surface area contributed by atoms with Crippen molar-refractivity contribution in [2.24, 2.45) is 0 Å². The van der Waals surface area contributed by atoms with E-state index in [1.54, 1.807) is 0 Å². The molecule has 0 heterocycles. The van der Waals surface area contributed by atoms with Crippen molar-refractivity contribution in [2.45, 2.75) is 74.1 Å². The Morgan fingerprint density at radius 2 is 1.63 bits per heavy atom. The van der Waals surface area contributed by atoms with Crippen LogP contribution in [0.25, 0.3) is 0 Å². The lowest BCUT2D eigenvalue weighted by Gasteiger charge is -2.04. The second kappa shape index (κ2) is 13.4. The molecule has 0 radical (unpaired) electrons. The van der Waals surface area contributed by atoms with Crippen molar-refractivity contribution < 1.29 is 0 Å². The molecule has 0 aliphatic carbocycles. The summed E-state index contributed by atoms with van der Waals surface area (Å²) >= 11 is 0. The summed E-state index contributed by atoms with van der Waals surface area (Å²) in [5, 5.41) is 0. The van der Waals surface area contributed by atoms with Gasteiger partial charge in [-0.05, 0) is 49.8 Å². The number of hydrogen-bond donors (Lipinski definition) is 0. The average molecular weight is 262 g/mol. The molecule has 0 heteroatoms. The first-order valence-corrected chi connectivity index (χ1v) is 7.77. The number of rotatable bonds is 4. The summed E-state index contributed by atoms with van der Waals surface area (Å²) in [6.07, 6.45) is 4.71. The molecule has 0 nitrogen and oxygen atoms in total. The molecule has 0 aliphatic rings. The summed E-state index contributed by atoms with van der Waals surface area (Å²) in [5.41, 5.74) is 5.65. The van der Waals surface area contributed by atoms with Crippen LogP contribution in [-0.4, -0.2) is 0 Å². The number of benzene rings is 1. The van der Waals surface area contributed by atoms with Gasteiger partial charge in [-0.15, -0.1) is 6.58 Å². The second-order valence-corrected chi connectivity index (χ2v) is 4.68. The van der Waals surface area contributed by atoms with E-state index in [4.69, 9.17) is 0 Å². The molecule has 0 saturated heterocycles. The molecule has 0 spiro atoms. The van der Waals surface area contributed by atoms with Crippen LogP contribution in [0, 0.1) is 6.92 Å². The summed E-state index contributed by atoms with van der Waals surface area (Å²) in [6, 6.07) is 6.75. The Morgan fingerprint density at radius 3 is 1.95 bits per heavy atom. The summed E-state index contributed by atoms with van der Waals surface area (Å²) in [4.78, 5) is 0. The topological polar surface area (TPSA) is 0 Å². The lowest BCUT2D eigenvalue weighted by molar-refractivity contribution is 0.910. The van der Waals surface area contributed by atoms with E-state index in [0.717, 1.165) is 12.8 Å². The van der Waals surface area contributed by atoms with Gasteiger partial charge in [0.1, 0.15) is 0 Å². The zero-order chi connectivity index (χ0) is 15.3. The Kier molecular flexibility index (Phi) is 14.3. The van der Waals surface area contributed by atoms with Crippen LogP contribution in [0.1, 0.15) is 71.1 Å². The van der Waals surface area contributed by atoms with E-state index in [2.05, 4.69) is 59.4 Å². The zero-order valence-corrected chi connectivity index (χ0v) is 14.3. The van der Waals surface area contributed by atoms with Crippen molar-refractivity contribution in [3.8, 4) is 0 Å². The minimum Gasteiger partial charge on any atom is -0.100 e. The third kappa shape index (κ3) is 10.6. The van der Waals surface area contributed by atoms with Gasteiger partial charge in [0.15, 0.2) is 0 Å². The minimum atomic E-state index is 1.15. The van der Waals surface area contributed by atoms with Crippen molar-refractivity contribution >= 4 is 0 Å². The normalized spacial score (nSPS) is 8.79. The Labute approximate surface area is 121 Å². The zero-order valence-electron chi connectivity index (χ0n) is 14.3. The Balaban J connectivity index is 0. The van der Waals surface area contributed by atoms with Crippen molar-refractivity contribution in [1.29, 1.82) is 0 Å². The van der Waals surface area contributed by atoms with Gasteiger partial charge in [0.25, 0.3) is 0 Å². The Hall–Kier alpha value is -1.04. The van der Waals surface area contributed by atoms with E-state index >= 15 is 0 Å². The fourth-order valence-electron chi connectivity index (χ4n) is 1.75. The van der Waals surface area contributed by atoms with Gasteiger partial charge >= 0.3 is 0 Å². The largest absolute Gasteiger partial charge is 0.100 e. The molecule has 0 atom stereocenters. The third-order valence-corrected chi connectivity index (χ3v) is 2.88. The predicted molar refractivity (Wildman–Crippen MR) is 91.0 cm³/mol. The van der Waals surface area contributed by atoms with Crippen LogP contribution in [0.4, 0.5) is 0 Å². The predicted octanol–water partition coefficient (Wildman–Crippen LogP) is 6.51. The van der Waals surface area contributed by atoms with Crippen LogP contribution in [-0.2, 0) is 12.8 Å². The van der Waals surface area contributed by atoms with Gasteiger partial charge in [0, 0.05) is 0 Å². The van der Waals surface area contributed by atoms with Crippen molar-refractivity contribution in [3.05, 3.63) is 47.0 Å². The van der Waals surface area contributed by atoms with E-state index in [-0.39, 0.29) is 0 Å². The number of allylic oxidation sites excluding steroid dienone is 1. The van der Waals surface area contributed by atoms with Crippen molar-refractivity contribution in [1.82, 2.24) is 0 Å². The molecule has 0 amide bonds. The van der Waals surface area contributed by atoms with E-state index < -0.39 is 0 Å². The first-order chi connectivity index (χ1) is 9.04. The summed E-state index contributed by atoms with van der Waals surface area (Å²) in [5.74, 6) is 0. The lowest BCUT2D eigenvalue weighted by atomic mass is 10.0. The number of aryl methyl sites for hydroxylation is 3. The molecule has 1 rings (SSSR count). The molecule has 19 heavy (non-hydrogen) atoms. The van der Waals surface area contributed by atoms with E-state index in [1.165, 1.54) is 35.1 Å². The fourth-order valence-corrected chi connectivity index (χ4v) is 1.75. The monoisotopic (exact) mass is 262 g/mol. The van der Waals surface area contributed by atoms with Gasteiger partial charge < -0.3 is 0 Å². The highest BCUT2D eigenvalue weighted by Crippen LogP contribution is 2.11. The maximum absolute atomic E-state index is 3.74. The Bertz CT molecular complexity index is 334. The molecule has 110 valence electrons. The highest BCUT2D eigenvalue weighted by atomic mass is 14.0. The van der Waals surface area contributed by atoms with Crippen molar-refractivity contribution in [3.63, 3.8) is 0 Å². The van der Waals surface area contributed by atoms with Gasteiger partial charge in [0.05, 0.1) is 0 Å². The molecular formula is C19H34. The van der Waals surface area contributed by atoms with E-state index in [9.17, 15) is 0 Å². The third-order valence-electron chi connectivity index (χ3n) is 2.88. The standard InChI is InChI=1S/C11H16.C6H12.C2H6/c1-4-10-7-6-9(3)11(5-2)8-10;1-4-5-6(2)3;1-2/h6-8H,4-5H2,1-3H3;2,4-5H2,1,3H3;1-2H3. The molecule has 0 fully saturated rings. The first kappa shape index (κ1) is 20.3. The summed E-state index contributed by atoms with van der Waals surface area (Å²) in [6.45, 7) is 18.6. The van der Waals surface area contributed by atoms with Crippen LogP contribution in [0.2, 0.25) is 0 Å². The molecular weight excluding hydrogens is 228 g/mol. The summed E-state index contributed by atoms with van der Waals surface area (Å²) in [7, 11) is 0.